The molecule has 1 aromatic carbocycles. The van der Waals surface area contributed by atoms with E-state index in [0.717, 1.165) is 0 Å². The fraction of sp³-hybridized carbons (Fsp3) is 0.364. The van der Waals surface area contributed by atoms with E-state index >= 15 is 0 Å². The summed E-state index contributed by atoms with van der Waals surface area (Å²) in [6.07, 6.45) is -1.26. The molecule has 0 fully saturated rings. The van der Waals surface area contributed by atoms with Gasteiger partial charge in [-0.1, -0.05) is 12.1 Å². The van der Waals surface area contributed by atoms with Crippen molar-refractivity contribution in [2.75, 3.05) is 6.54 Å². The molecule has 7 heteroatoms. The van der Waals surface area contributed by atoms with Crippen molar-refractivity contribution in [3.8, 4) is 0 Å². The molecule has 98 valence electrons. The van der Waals surface area contributed by atoms with Crippen LogP contribution in [0.4, 0.5) is 5.69 Å². The summed E-state index contributed by atoms with van der Waals surface area (Å²) in [5, 5.41) is 22.7. The Hall–Kier alpha value is -1.99. The van der Waals surface area contributed by atoms with Gasteiger partial charge in [0, 0.05) is 24.7 Å². The average Bonchev–Trinajstić information content (AvgIpc) is 2.30. The summed E-state index contributed by atoms with van der Waals surface area (Å²) in [6, 6.07) is 4.85. The third-order valence-electron chi connectivity index (χ3n) is 2.47. The number of rotatable bonds is 6. The zero-order chi connectivity index (χ0) is 13.7. The number of nitrogens with zero attached hydrogens (tertiary/aromatic N) is 1. The first kappa shape index (κ1) is 14.1. The van der Waals surface area contributed by atoms with Gasteiger partial charge in [0.2, 0.25) is 5.91 Å². The number of nitro benzene ring substituents is 1. The maximum absolute atomic E-state index is 10.7. The molecule has 1 unspecified atom stereocenters. The van der Waals surface area contributed by atoms with Crippen LogP contribution in [0.15, 0.2) is 18.2 Å². The van der Waals surface area contributed by atoms with Crippen LogP contribution in [0.25, 0.3) is 0 Å². The Kier molecular flexibility index (Phi) is 4.75. The van der Waals surface area contributed by atoms with E-state index in [1.54, 1.807) is 19.1 Å². The van der Waals surface area contributed by atoms with E-state index in [4.69, 9.17) is 10.8 Å². The predicted octanol–water partition coefficient (Wildman–Crippen LogP) is -0.161. The lowest BCUT2D eigenvalue weighted by atomic mass is 10.1. The van der Waals surface area contributed by atoms with Gasteiger partial charge in [-0.2, -0.15) is 0 Å². The first-order valence-corrected chi connectivity index (χ1v) is 5.34. The van der Waals surface area contributed by atoms with Crippen molar-refractivity contribution in [1.82, 2.24) is 5.32 Å². The predicted molar refractivity (Wildman–Crippen MR) is 64.7 cm³/mol. The van der Waals surface area contributed by atoms with Crippen LogP contribution in [0.3, 0.4) is 0 Å². The number of carbonyl (C=O) groups excluding carboxylic acids is 1. The standard InChI is InChI=1S/C11H15N3O4/c1-7-2-3-8(4-9(7)14(17)18)5-13-6-10(15)11(12)16/h2-4,10,13,15H,5-6H2,1H3,(H2,12,16). The molecule has 0 bridgehead atoms. The van der Waals surface area contributed by atoms with Crippen molar-refractivity contribution >= 4 is 11.6 Å². The summed E-state index contributed by atoms with van der Waals surface area (Å²) in [5.41, 5.74) is 6.21. The maximum Gasteiger partial charge on any atom is 0.272 e. The van der Waals surface area contributed by atoms with Crippen molar-refractivity contribution in [2.45, 2.75) is 19.6 Å². The number of nitrogens with two attached hydrogens (primary N) is 1. The van der Waals surface area contributed by atoms with Crippen LogP contribution in [-0.4, -0.2) is 28.6 Å². The molecule has 0 aromatic heterocycles. The minimum atomic E-state index is -1.26. The molecule has 0 saturated carbocycles. The van der Waals surface area contributed by atoms with Gasteiger partial charge >= 0.3 is 0 Å². The van der Waals surface area contributed by atoms with E-state index < -0.39 is 16.9 Å². The second-order valence-electron chi connectivity index (χ2n) is 3.93. The highest BCUT2D eigenvalue weighted by Gasteiger charge is 2.12. The second kappa shape index (κ2) is 6.08. The zero-order valence-electron chi connectivity index (χ0n) is 9.92. The van der Waals surface area contributed by atoms with Crippen LogP contribution >= 0.6 is 0 Å². The summed E-state index contributed by atoms with van der Waals surface area (Å²) in [7, 11) is 0. The number of nitro groups is 1. The largest absolute Gasteiger partial charge is 0.382 e. The minimum Gasteiger partial charge on any atom is -0.382 e. The molecule has 7 nitrogen and oxygen atoms in total. The zero-order valence-corrected chi connectivity index (χ0v) is 9.92. The van der Waals surface area contributed by atoms with E-state index in [-0.39, 0.29) is 12.2 Å². The quantitative estimate of drug-likeness (QED) is 0.480. The van der Waals surface area contributed by atoms with Gasteiger partial charge in [-0.3, -0.25) is 14.9 Å². The van der Waals surface area contributed by atoms with Crippen molar-refractivity contribution in [3.05, 3.63) is 39.4 Å². The summed E-state index contributed by atoms with van der Waals surface area (Å²) in [6.45, 7) is 1.98. The number of amides is 1. The van der Waals surface area contributed by atoms with Crippen molar-refractivity contribution < 1.29 is 14.8 Å². The van der Waals surface area contributed by atoms with Gasteiger partial charge in [-0.05, 0) is 12.5 Å². The first-order chi connectivity index (χ1) is 8.41. The molecule has 1 aromatic rings. The smallest absolute Gasteiger partial charge is 0.272 e. The molecule has 0 saturated heterocycles. The molecule has 0 heterocycles. The molecule has 0 aliphatic carbocycles. The Balaban J connectivity index is 2.61. The Morgan fingerprint density at radius 2 is 2.28 bits per heavy atom. The molecule has 0 spiro atoms. The molecule has 0 aliphatic heterocycles. The molecular weight excluding hydrogens is 238 g/mol. The van der Waals surface area contributed by atoms with Crippen LogP contribution in [0, 0.1) is 17.0 Å². The lowest BCUT2D eigenvalue weighted by Gasteiger charge is -2.08. The third kappa shape index (κ3) is 3.79. The SMILES string of the molecule is Cc1ccc(CNCC(O)C(N)=O)cc1[N+](=O)[O-]. The van der Waals surface area contributed by atoms with Crippen molar-refractivity contribution in [1.29, 1.82) is 0 Å². The monoisotopic (exact) mass is 253 g/mol. The van der Waals surface area contributed by atoms with Crippen LogP contribution in [0.5, 0.6) is 0 Å². The Bertz CT molecular complexity index is 462. The van der Waals surface area contributed by atoms with Gasteiger partial charge in [0.25, 0.3) is 5.69 Å². The maximum atomic E-state index is 10.7. The molecule has 18 heavy (non-hydrogen) atoms. The summed E-state index contributed by atoms with van der Waals surface area (Å²) in [5.74, 6) is -0.808. The van der Waals surface area contributed by atoms with E-state index in [2.05, 4.69) is 5.32 Å². The molecule has 0 aliphatic rings. The number of primary amides is 1. The summed E-state index contributed by atoms with van der Waals surface area (Å²) >= 11 is 0. The van der Waals surface area contributed by atoms with E-state index in [9.17, 15) is 14.9 Å². The Morgan fingerprint density at radius 1 is 1.61 bits per heavy atom. The highest BCUT2D eigenvalue weighted by Crippen LogP contribution is 2.18. The van der Waals surface area contributed by atoms with Gasteiger partial charge in [-0.15, -0.1) is 0 Å². The lowest BCUT2D eigenvalue weighted by Crippen LogP contribution is -2.37. The normalized spacial score (nSPS) is 12.1. The average molecular weight is 253 g/mol. The molecular formula is C11H15N3O4. The number of hydrogen-bond donors (Lipinski definition) is 3. The van der Waals surface area contributed by atoms with Gasteiger partial charge in [-0.25, -0.2) is 0 Å². The summed E-state index contributed by atoms with van der Waals surface area (Å²) in [4.78, 5) is 20.9. The van der Waals surface area contributed by atoms with Crippen LogP contribution in [-0.2, 0) is 11.3 Å². The number of aliphatic hydroxyl groups excluding tert-OH is 1. The fourth-order valence-electron chi connectivity index (χ4n) is 1.42. The van der Waals surface area contributed by atoms with Gasteiger partial charge in [0.05, 0.1) is 4.92 Å². The van der Waals surface area contributed by atoms with Crippen LogP contribution < -0.4 is 11.1 Å². The topological polar surface area (TPSA) is 118 Å². The van der Waals surface area contributed by atoms with Gasteiger partial charge < -0.3 is 16.2 Å². The Labute approximate surface area is 104 Å². The van der Waals surface area contributed by atoms with Gasteiger partial charge in [0.15, 0.2) is 0 Å². The third-order valence-corrected chi connectivity index (χ3v) is 2.47. The summed E-state index contributed by atoms with van der Waals surface area (Å²) < 4.78 is 0. The number of aryl methyl sites for hydroxylation is 1. The highest BCUT2D eigenvalue weighted by atomic mass is 16.6. The van der Waals surface area contributed by atoms with Crippen LogP contribution in [0.1, 0.15) is 11.1 Å². The fourth-order valence-corrected chi connectivity index (χ4v) is 1.42. The highest BCUT2D eigenvalue weighted by molar-refractivity contribution is 5.78. The minimum absolute atomic E-state index is 0.0109. The lowest BCUT2D eigenvalue weighted by molar-refractivity contribution is -0.385. The van der Waals surface area contributed by atoms with Crippen LogP contribution in [0.2, 0.25) is 0 Å². The number of nitrogens with one attached hydrogen (secondary N) is 1. The molecule has 0 radical (unpaired) electrons. The first-order valence-electron chi connectivity index (χ1n) is 5.34. The van der Waals surface area contributed by atoms with E-state index in [1.165, 1.54) is 6.07 Å². The van der Waals surface area contributed by atoms with E-state index in [0.29, 0.717) is 17.7 Å². The molecule has 1 amide bonds. The molecule has 4 N–H and O–H groups in total. The second-order valence-corrected chi connectivity index (χ2v) is 3.93. The van der Waals surface area contributed by atoms with Crippen molar-refractivity contribution in [3.63, 3.8) is 0 Å². The van der Waals surface area contributed by atoms with Crippen molar-refractivity contribution in [2.24, 2.45) is 5.73 Å². The number of hydrogen-bond acceptors (Lipinski definition) is 5. The molecule has 1 atom stereocenters. The number of carbonyl (C=O) groups is 1. The number of benzene rings is 1. The van der Waals surface area contributed by atoms with E-state index in [1.807, 2.05) is 0 Å². The number of aliphatic hydroxyl groups is 1. The molecule has 1 rings (SSSR count). The van der Waals surface area contributed by atoms with Gasteiger partial charge in [0.1, 0.15) is 6.10 Å². The Morgan fingerprint density at radius 3 is 2.83 bits per heavy atom.